The van der Waals surface area contributed by atoms with Crippen LogP contribution in [-0.4, -0.2) is 48.0 Å². The van der Waals surface area contributed by atoms with Crippen molar-refractivity contribution in [1.82, 2.24) is 9.97 Å². The van der Waals surface area contributed by atoms with Gasteiger partial charge in [-0.1, -0.05) is 25.7 Å². The van der Waals surface area contributed by atoms with Gasteiger partial charge in [0.15, 0.2) is 0 Å². The number of unbranched alkanes of at least 4 members (excludes halogenated alkanes) is 3. The first-order valence-electron chi connectivity index (χ1n) is 9.63. The summed E-state index contributed by atoms with van der Waals surface area (Å²) in [5, 5.41) is 9.80. The van der Waals surface area contributed by atoms with Crippen LogP contribution in [0.25, 0.3) is 0 Å². The Labute approximate surface area is 166 Å². The zero-order chi connectivity index (χ0) is 19.1. The van der Waals surface area contributed by atoms with Crippen molar-refractivity contribution in [3.8, 4) is 0 Å². The molecule has 5 N–H and O–H groups in total. The second kappa shape index (κ2) is 11.4. The van der Waals surface area contributed by atoms with Crippen LogP contribution in [0.4, 0.5) is 11.5 Å². The second-order valence-electron chi connectivity index (χ2n) is 7.44. The lowest BCUT2D eigenvalue weighted by Gasteiger charge is -2.24. The van der Waals surface area contributed by atoms with Crippen molar-refractivity contribution in [3.05, 3.63) is 20.8 Å². The van der Waals surface area contributed by atoms with E-state index in [1.807, 2.05) is 23.8 Å². The van der Waals surface area contributed by atoms with E-state index in [1.54, 1.807) is 0 Å². The molecule has 0 bridgehead atoms. The zero-order valence-corrected chi connectivity index (χ0v) is 17.2. The maximum absolute atomic E-state index is 12.0. The standard InChI is InChI=1S/C18H33N5O3.ClH/c1-13(24)11-14(7-5-3-4-6-9-19)8-10-23-12-22(2)15-16(23)20-18(26)21-17(15)25;/h13-14,24H,3-12,19H2,1-2H3,(H2,20,21,25,26);1H. The number of aliphatic hydroxyl groups excluding tert-OH is 1. The Bertz CT molecular complexity index is 676. The van der Waals surface area contributed by atoms with Gasteiger partial charge in [0.05, 0.1) is 12.8 Å². The number of nitrogens with two attached hydrogens (primary N) is 1. The van der Waals surface area contributed by atoms with Gasteiger partial charge in [0, 0.05) is 13.6 Å². The third kappa shape index (κ3) is 6.86. The fourth-order valence-corrected chi connectivity index (χ4v) is 3.76. The van der Waals surface area contributed by atoms with E-state index in [-0.39, 0.29) is 24.1 Å². The van der Waals surface area contributed by atoms with Gasteiger partial charge < -0.3 is 20.6 Å². The first-order chi connectivity index (χ1) is 12.4. The average molecular weight is 404 g/mol. The fraction of sp³-hybridized carbons (Fsp3) is 0.778. The molecule has 0 saturated heterocycles. The van der Waals surface area contributed by atoms with Crippen molar-refractivity contribution in [1.29, 1.82) is 0 Å². The number of aromatic nitrogens is 2. The molecule has 2 heterocycles. The number of aromatic amines is 2. The molecule has 8 nitrogen and oxygen atoms in total. The number of fused-ring (bicyclic) bond motifs is 1. The highest BCUT2D eigenvalue weighted by Crippen LogP contribution is 2.29. The molecule has 1 aromatic heterocycles. The minimum Gasteiger partial charge on any atom is -0.393 e. The Balaban J connectivity index is 0.00000364. The number of halogens is 1. The van der Waals surface area contributed by atoms with Crippen LogP contribution in [0, 0.1) is 5.92 Å². The lowest BCUT2D eigenvalue weighted by molar-refractivity contribution is 0.154. The summed E-state index contributed by atoms with van der Waals surface area (Å²) in [6.07, 6.45) is 7.00. The normalized spacial score (nSPS) is 15.4. The smallest absolute Gasteiger partial charge is 0.327 e. The van der Waals surface area contributed by atoms with Gasteiger partial charge in [-0.05, 0) is 38.6 Å². The molecule has 2 atom stereocenters. The Morgan fingerprint density at radius 3 is 2.52 bits per heavy atom. The summed E-state index contributed by atoms with van der Waals surface area (Å²) in [6.45, 7) is 3.90. The number of nitrogens with one attached hydrogen (secondary N) is 2. The highest BCUT2D eigenvalue weighted by Gasteiger charge is 2.28. The van der Waals surface area contributed by atoms with E-state index in [1.165, 1.54) is 6.42 Å². The third-order valence-electron chi connectivity index (χ3n) is 5.03. The second-order valence-corrected chi connectivity index (χ2v) is 7.44. The number of H-pyrrole nitrogens is 2. The number of hydrogen-bond acceptors (Lipinski definition) is 6. The lowest BCUT2D eigenvalue weighted by atomic mass is 9.92. The zero-order valence-electron chi connectivity index (χ0n) is 16.4. The largest absolute Gasteiger partial charge is 0.393 e. The van der Waals surface area contributed by atoms with Gasteiger partial charge in [0.25, 0.3) is 5.56 Å². The van der Waals surface area contributed by atoms with Crippen LogP contribution in [0.15, 0.2) is 9.59 Å². The Hall–Kier alpha value is -1.51. The Morgan fingerprint density at radius 2 is 1.85 bits per heavy atom. The summed E-state index contributed by atoms with van der Waals surface area (Å²) < 4.78 is 0. The maximum atomic E-state index is 12.0. The highest BCUT2D eigenvalue weighted by molar-refractivity contribution is 5.85. The SMILES string of the molecule is CC(O)CC(CCCCCCN)CCN1CN(C)c2c1[nH]c(=O)[nH]c2=O.Cl. The number of rotatable bonds is 11. The van der Waals surface area contributed by atoms with E-state index < -0.39 is 5.69 Å². The molecule has 0 aromatic carbocycles. The first-order valence-corrected chi connectivity index (χ1v) is 9.63. The van der Waals surface area contributed by atoms with Crippen molar-refractivity contribution in [2.24, 2.45) is 11.7 Å². The molecule has 0 radical (unpaired) electrons. The molecular weight excluding hydrogens is 370 g/mol. The summed E-state index contributed by atoms with van der Waals surface area (Å²) in [7, 11) is 1.84. The number of nitrogens with zero attached hydrogens (tertiary/aromatic N) is 2. The van der Waals surface area contributed by atoms with E-state index >= 15 is 0 Å². The van der Waals surface area contributed by atoms with Gasteiger partial charge in [-0.15, -0.1) is 12.4 Å². The molecule has 1 aromatic rings. The van der Waals surface area contributed by atoms with E-state index in [4.69, 9.17) is 5.73 Å². The quantitative estimate of drug-likeness (QED) is 0.414. The molecule has 0 amide bonds. The van der Waals surface area contributed by atoms with Gasteiger partial charge in [0.2, 0.25) is 0 Å². The molecule has 27 heavy (non-hydrogen) atoms. The van der Waals surface area contributed by atoms with Gasteiger partial charge in [-0.2, -0.15) is 0 Å². The third-order valence-corrected chi connectivity index (χ3v) is 5.03. The summed E-state index contributed by atoms with van der Waals surface area (Å²) >= 11 is 0. The summed E-state index contributed by atoms with van der Waals surface area (Å²) in [5.41, 5.74) is 5.22. The lowest BCUT2D eigenvalue weighted by Crippen LogP contribution is -2.31. The number of anilines is 2. The van der Waals surface area contributed by atoms with Gasteiger partial charge in [-0.25, -0.2) is 4.79 Å². The van der Waals surface area contributed by atoms with Crippen LogP contribution in [0.3, 0.4) is 0 Å². The minimum absolute atomic E-state index is 0. The number of hydrogen-bond donors (Lipinski definition) is 4. The highest BCUT2D eigenvalue weighted by atomic mass is 35.5. The predicted molar refractivity (Wildman–Crippen MR) is 112 cm³/mol. The van der Waals surface area contributed by atoms with Crippen molar-refractivity contribution in [3.63, 3.8) is 0 Å². The first kappa shape index (κ1) is 23.5. The van der Waals surface area contributed by atoms with E-state index in [0.29, 0.717) is 24.1 Å². The van der Waals surface area contributed by atoms with Crippen molar-refractivity contribution in [2.75, 3.05) is 36.6 Å². The predicted octanol–water partition coefficient (Wildman–Crippen LogP) is 1.39. The van der Waals surface area contributed by atoms with Crippen molar-refractivity contribution >= 4 is 23.9 Å². The minimum atomic E-state index is -0.477. The van der Waals surface area contributed by atoms with Crippen molar-refractivity contribution in [2.45, 2.75) is 58.0 Å². The summed E-state index contributed by atoms with van der Waals surface area (Å²) in [5.74, 6) is 1.02. The molecule has 156 valence electrons. The van der Waals surface area contributed by atoms with E-state index in [2.05, 4.69) is 9.97 Å². The fourth-order valence-electron chi connectivity index (χ4n) is 3.76. The van der Waals surface area contributed by atoms with Crippen LogP contribution in [0.5, 0.6) is 0 Å². The average Bonchev–Trinajstić information content (AvgIpc) is 2.87. The van der Waals surface area contributed by atoms with E-state index in [0.717, 1.165) is 51.6 Å². The molecule has 2 unspecified atom stereocenters. The van der Waals surface area contributed by atoms with Gasteiger partial charge >= 0.3 is 5.69 Å². The maximum Gasteiger partial charge on any atom is 0.327 e. The molecule has 0 spiro atoms. The van der Waals surface area contributed by atoms with Crippen molar-refractivity contribution < 1.29 is 5.11 Å². The van der Waals surface area contributed by atoms with E-state index in [9.17, 15) is 14.7 Å². The Kier molecular flexibility index (Phi) is 9.90. The molecule has 1 aliphatic heterocycles. The Morgan fingerprint density at radius 1 is 1.15 bits per heavy atom. The molecule has 0 fully saturated rings. The van der Waals surface area contributed by atoms with Crippen LogP contribution >= 0.6 is 12.4 Å². The van der Waals surface area contributed by atoms with Gasteiger partial charge in [0.1, 0.15) is 11.5 Å². The molecule has 0 aliphatic carbocycles. The summed E-state index contributed by atoms with van der Waals surface area (Å²) in [4.78, 5) is 32.5. The van der Waals surface area contributed by atoms with Gasteiger partial charge in [-0.3, -0.25) is 14.8 Å². The summed E-state index contributed by atoms with van der Waals surface area (Å²) in [6, 6.07) is 0. The number of aliphatic hydroxyl groups is 1. The molecule has 0 saturated carbocycles. The van der Waals surface area contributed by atoms with Crippen LogP contribution in [-0.2, 0) is 0 Å². The topological polar surface area (TPSA) is 118 Å². The van der Waals surface area contributed by atoms with Crippen LogP contribution in [0.1, 0.15) is 51.9 Å². The molecular formula is C18H34ClN5O3. The molecule has 9 heteroatoms. The molecule has 1 aliphatic rings. The molecule has 2 rings (SSSR count). The van der Waals surface area contributed by atoms with Crippen LogP contribution in [0.2, 0.25) is 0 Å². The monoisotopic (exact) mass is 403 g/mol. The van der Waals surface area contributed by atoms with Crippen LogP contribution < -0.4 is 26.8 Å².